The molecule has 0 heterocycles. The second kappa shape index (κ2) is 7.35. The summed E-state index contributed by atoms with van der Waals surface area (Å²) in [6.07, 6.45) is 2.02. The summed E-state index contributed by atoms with van der Waals surface area (Å²) in [7, 11) is 0. The molecule has 6 heteroatoms. The Morgan fingerprint density at radius 3 is 2.74 bits per heavy atom. The van der Waals surface area contributed by atoms with Gasteiger partial charge in [0.2, 0.25) is 5.91 Å². The molecule has 6 nitrogen and oxygen atoms in total. The number of nitrogens with zero attached hydrogens (tertiary/aromatic N) is 1. The number of hydrogen-bond acceptors (Lipinski definition) is 4. The molecular formula is C13H18N2O4. The molecule has 19 heavy (non-hydrogen) atoms. The number of rotatable bonds is 7. The van der Waals surface area contributed by atoms with E-state index in [0.717, 1.165) is 12.8 Å². The minimum atomic E-state index is -0.530. The van der Waals surface area contributed by atoms with Crippen LogP contribution >= 0.6 is 0 Å². The number of carbonyl (C=O) groups excluding carboxylic acids is 1. The number of hydrogen-bond donors (Lipinski definition) is 1. The first kappa shape index (κ1) is 14.9. The largest absolute Gasteiger partial charge is 0.494 e. The number of unbranched alkanes of at least 4 members (excludes halogenated alkanes) is 1. The van der Waals surface area contributed by atoms with Crippen molar-refractivity contribution in [1.82, 2.24) is 0 Å². The lowest BCUT2D eigenvalue weighted by atomic mass is 10.2. The highest BCUT2D eigenvalue weighted by molar-refractivity contribution is 5.93. The van der Waals surface area contributed by atoms with Crippen molar-refractivity contribution in [3.63, 3.8) is 0 Å². The average molecular weight is 266 g/mol. The number of ether oxygens (including phenoxy) is 1. The van der Waals surface area contributed by atoms with E-state index in [1.807, 2.05) is 6.92 Å². The van der Waals surface area contributed by atoms with Crippen LogP contribution in [0.2, 0.25) is 0 Å². The Hall–Kier alpha value is -2.11. The predicted octanol–water partition coefficient (Wildman–Crippen LogP) is 3.12. The first-order valence-corrected chi connectivity index (χ1v) is 6.29. The normalized spacial score (nSPS) is 10.0. The number of nitro groups is 1. The van der Waals surface area contributed by atoms with Crippen molar-refractivity contribution in [2.45, 2.75) is 33.1 Å². The summed E-state index contributed by atoms with van der Waals surface area (Å²) in [5.74, 6) is 0.204. The van der Waals surface area contributed by atoms with Crippen LogP contribution in [0.4, 0.5) is 11.4 Å². The maximum Gasteiger partial charge on any atom is 0.296 e. The minimum absolute atomic E-state index is 0.157. The van der Waals surface area contributed by atoms with Crippen molar-refractivity contribution >= 4 is 17.3 Å². The molecule has 0 aliphatic heterocycles. The fourth-order valence-corrected chi connectivity index (χ4v) is 1.57. The molecule has 1 aromatic rings. The van der Waals surface area contributed by atoms with E-state index >= 15 is 0 Å². The topological polar surface area (TPSA) is 81.5 Å². The van der Waals surface area contributed by atoms with Crippen LogP contribution in [0.1, 0.15) is 33.1 Å². The van der Waals surface area contributed by atoms with Crippen molar-refractivity contribution in [3.05, 3.63) is 28.3 Å². The van der Waals surface area contributed by atoms with Gasteiger partial charge in [-0.2, -0.15) is 0 Å². The Bertz CT molecular complexity index is 460. The molecule has 0 bridgehead atoms. The highest BCUT2D eigenvalue weighted by atomic mass is 16.6. The standard InChI is InChI=1S/C13H18N2O4/c1-3-5-6-13(16)14-11-8-7-10(19-4-2)9-12(11)15(17)18/h7-9H,3-6H2,1-2H3,(H,14,16). The summed E-state index contributed by atoms with van der Waals surface area (Å²) in [5, 5.41) is 13.5. The van der Waals surface area contributed by atoms with E-state index in [9.17, 15) is 14.9 Å². The Labute approximate surface area is 111 Å². The van der Waals surface area contributed by atoms with Crippen molar-refractivity contribution in [2.24, 2.45) is 0 Å². The SMILES string of the molecule is CCCCC(=O)Nc1ccc(OCC)cc1[N+](=O)[O-]. The van der Waals surface area contributed by atoms with Gasteiger partial charge in [-0.1, -0.05) is 13.3 Å². The molecule has 0 aliphatic carbocycles. The van der Waals surface area contributed by atoms with Crippen LogP contribution in [-0.2, 0) is 4.79 Å². The van der Waals surface area contributed by atoms with Crippen LogP contribution in [0.5, 0.6) is 5.75 Å². The molecule has 1 aromatic carbocycles. The third-order valence-corrected chi connectivity index (χ3v) is 2.51. The van der Waals surface area contributed by atoms with Gasteiger partial charge in [0.05, 0.1) is 17.6 Å². The summed E-state index contributed by atoms with van der Waals surface area (Å²) in [6, 6.07) is 4.41. The second-order valence-corrected chi connectivity index (χ2v) is 4.02. The Balaban J connectivity index is 2.87. The monoisotopic (exact) mass is 266 g/mol. The molecule has 0 saturated carbocycles. The first-order chi connectivity index (χ1) is 9.08. The third kappa shape index (κ3) is 4.57. The summed E-state index contributed by atoms with van der Waals surface area (Å²) < 4.78 is 5.20. The van der Waals surface area contributed by atoms with Crippen LogP contribution in [0.15, 0.2) is 18.2 Å². The van der Waals surface area contributed by atoms with Crippen molar-refractivity contribution in [2.75, 3.05) is 11.9 Å². The van der Waals surface area contributed by atoms with E-state index in [0.29, 0.717) is 18.8 Å². The second-order valence-electron chi connectivity index (χ2n) is 4.02. The number of benzene rings is 1. The lowest BCUT2D eigenvalue weighted by molar-refractivity contribution is -0.384. The molecular weight excluding hydrogens is 248 g/mol. The zero-order chi connectivity index (χ0) is 14.3. The van der Waals surface area contributed by atoms with Crippen molar-refractivity contribution < 1.29 is 14.5 Å². The molecule has 1 rings (SSSR count). The molecule has 0 aliphatic rings. The van der Waals surface area contributed by atoms with Crippen LogP contribution in [0.25, 0.3) is 0 Å². The Morgan fingerprint density at radius 2 is 2.16 bits per heavy atom. The first-order valence-electron chi connectivity index (χ1n) is 6.29. The zero-order valence-corrected chi connectivity index (χ0v) is 11.1. The zero-order valence-electron chi connectivity index (χ0n) is 11.1. The highest BCUT2D eigenvalue weighted by Crippen LogP contribution is 2.29. The van der Waals surface area contributed by atoms with E-state index in [1.165, 1.54) is 12.1 Å². The van der Waals surface area contributed by atoms with E-state index in [1.54, 1.807) is 13.0 Å². The van der Waals surface area contributed by atoms with Crippen molar-refractivity contribution in [3.8, 4) is 5.75 Å². The average Bonchev–Trinajstić information content (AvgIpc) is 2.38. The van der Waals surface area contributed by atoms with Gasteiger partial charge in [-0.05, 0) is 25.5 Å². The third-order valence-electron chi connectivity index (χ3n) is 2.51. The predicted molar refractivity (Wildman–Crippen MR) is 72.4 cm³/mol. The molecule has 104 valence electrons. The molecule has 0 aromatic heterocycles. The quantitative estimate of drug-likeness (QED) is 0.607. The van der Waals surface area contributed by atoms with E-state index in [-0.39, 0.29) is 17.3 Å². The van der Waals surface area contributed by atoms with Gasteiger partial charge in [-0.15, -0.1) is 0 Å². The summed E-state index contributed by atoms with van der Waals surface area (Å²) in [6.45, 7) is 4.21. The molecule has 1 amide bonds. The smallest absolute Gasteiger partial charge is 0.296 e. The maximum atomic E-state index is 11.6. The minimum Gasteiger partial charge on any atom is -0.494 e. The van der Waals surface area contributed by atoms with Gasteiger partial charge in [0.15, 0.2) is 0 Å². The molecule has 1 N–H and O–H groups in total. The van der Waals surface area contributed by atoms with E-state index in [4.69, 9.17) is 4.74 Å². The number of carbonyl (C=O) groups is 1. The van der Waals surface area contributed by atoms with Gasteiger partial charge < -0.3 is 10.1 Å². The lowest BCUT2D eigenvalue weighted by Gasteiger charge is -2.08. The van der Waals surface area contributed by atoms with E-state index < -0.39 is 4.92 Å². The highest BCUT2D eigenvalue weighted by Gasteiger charge is 2.17. The Kier molecular flexibility index (Phi) is 5.78. The lowest BCUT2D eigenvalue weighted by Crippen LogP contribution is -2.12. The Morgan fingerprint density at radius 1 is 1.42 bits per heavy atom. The van der Waals surface area contributed by atoms with Gasteiger partial charge in [-0.3, -0.25) is 14.9 Å². The van der Waals surface area contributed by atoms with Crippen LogP contribution in [-0.4, -0.2) is 17.4 Å². The number of nitro benzene ring substituents is 1. The fraction of sp³-hybridized carbons (Fsp3) is 0.462. The summed E-state index contributed by atoms with van der Waals surface area (Å²) in [5.41, 5.74) is 0.0466. The molecule has 0 radical (unpaired) electrons. The van der Waals surface area contributed by atoms with Crippen molar-refractivity contribution in [1.29, 1.82) is 0 Å². The van der Waals surface area contributed by atoms with Gasteiger partial charge in [0.25, 0.3) is 5.69 Å². The number of amides is 1. The molecule has 0 saturated heterocycles. The fourth-order valence-electron chi connectivity index (χ4n) is 1.57. The van der Waals surface area contributed by atoms with Gasteiger partial charge >= 0.3 is 0 Å². The van der Waals surface area contributed by atoms with E-state index in [2.05, 4.69) is 5.32 Å². The molecule has 0 atom stereocenters. The molecule has 0 unspecified atom stereocenters. The summed E-state index contributed by atoms with van der Waals surface area (Å²) >= 11 is 0. The maximum absolute atomic E-state index is 11.6. The van der Waals surface area contributed by atoms with Crippen LogP contribution in [0, 0.1) is 10.1 Å². The molecule has 0 spiro atoms. The van der Waals surface area contributed by atoms with Crippen LogP contribution in [0.3, 0.4) is 0 Å². The van der Waals surface area contributed by atoms with Gasteiger partial charge in [-0.25, -0.2) is 0 Å². The number of anilines is 1. The van der Waals surface area contributed by atoms with Crippen LogP contribution < -0.4 is 10.1 Å². The van der Waals surface area contributed by atoms with Gasteiger partial charge in [0, 0.05) is 6.42 Å². The molecule has 0 fully saturated rings. The van der Waals surface area contributed by atoms with Gasteiger partial charge in [0.1, 0.15) is 11.4 Å². The number of nitrogens with one attached hydrogen (secondary N) is 1. The summed E-state index contributed by atoms with van der Waals surface area (Å²) in [4.78, 5) is 22.0.